The van der Waals surface area contributed by atoms with Crippen LogP contribution in [0, 0.1) is 19.7 Å². The van der Waals surface area contributed by atoms with Gasteiger partial charge in [-0.2, -0.15) is 0 Å². The fraction of sp³-hybridized carbons (Fsp3) is 0.300. The molecule has 6 heteroatoms. The van der Waals surface area contributed by atoms with Crippen LogP contribution in [0.1, 0.15) is 40.0 Å². The summed E-state index contributed by atoms with van der Waals surface area (Å²) in [6.45, 7) is 5.80. The largest absolute Gasteiger partial charge is 0.361 e. The smallest absolute Gasteiger partial charge is 0.268 e. The van der Waals surface area contributed by atoms with E-state index in [1.54, 1.807) is 11.0 Å². The predicted octanol–water partition coefficient (Wildman–Crippen LogP) is 5.14. The van der Waals surface area contributed by atoms with Crippen molar-refractivity contribution in [3.05, 3.63) is 58.0 Å². The molecule has 26 heavy (non-hydrogen) atoms. The first-order chi connectivity index (χ1) is 12.5. The Kier molecular flexibility index (Phi) is 4.15. The van der Waals surface area contributed by atoms with Crippen LogP contribution in [0.3, 0.4) is 0 Å². The maximum atomic E-state index is 13.6. The van der Waals surface area contributed by atoms with E-state index in [1.807, 2.05) is 32.9 Å². The second kappa shape index (κ2) is 6.36. The monoisotopic (exact) mass is 370 g/mol. The third kappa shape index (κ3) is 2.74. The van der Waals surface area contributed by atoms with Crippen LogP contribution in [0.25, 0.3) is 10.4 Å². The van der Waals surface area contributed by atoms with Crippen molar-refractivity contribution < 1.29 is 13.7 Å². The summed E-state index contributed by atoms with van der Waals surface area (Å²) in [6.07, 6.45) is 1.61. The van der Waals surface area contributed by atoms with Crippen LogP contribution in [0.15, 0.2) is 34.9 Å². The van der Waals surface area contributed by atoms with E-state index >= 15 is 0 Å². The van der Waals surface area contributed by atoms with Gasteiger partial charge >= 0.3 is 0 Å². The molecule has 4 nitrogen and oxygen atoms in total. The number of aromatic nitrogens is 1. The van der Waals surface area contributed by atoms with E-state index in [2.05, 4.69) is 5.16 Å². The molecule has 0 radical (unpaired) electrons. The van der Waals surface area contributed by atoms with Crippen LogP contribution in [0.4, 0.5) is 10.1 Å². The van der Waals surface area contributed by atoms with Crippen LogP contribution < -0.4 is 4.90 Å². The van der Waals surface area contributed by atoms with E-state index in [1.165, 1.54) is 23.5 Å². The van der Waals surface area contributed by atoms with E-state index in [4.69, 9.17) is 4.52 Å². The zero-order valence-corrected chi connectivity index (χ0v) is 15.7. The number of anilines is 1. The van der Waals surface area contributed by atoms with Crippen molar-refractivity contribution in [1.29, 1.82) is 0 Å². The summed E-state index contributed by atoms with van der Waals surface area (Å²) >= 11 is 1.44. The topological polar surface area (TPSA) is 46.3 Å². The molecule has 1 aliphatic rings. The Hall–Kier alpha value is -2.47. The van der Waals surface area contributed by atoms with Gasteiger partial charge in [-0.1, -0.05) is 5.16 Å². The molecule has 1 atom stereocenters. The van der Waals surface area contributed by atoms with Crippen LogP contribution >= 0.6 is 11.3 Å². The highest BCUT2D eigenvalue weighted by atomic mass is 32.1. The van der Waals surface area contributed by atoms with Crippen LogP contribution in [-0.4, -0.2) is 17.1 Å². The molecule has 134 valence electrons. The van der Waals surface area contributed by atoms with Gasteiger partial charge in [0.1, 0.15) is 11.6 Å². The van der Waals surface area contributed by atoms with Crippen LogP contribution in [0.2, 0.25) is 0 Å². The maximum absolute atomic E-state index is 13.6. The molecule has 0 saturated heterocycles. The predicted molar refractivity (Wildman–Crippen MR) is 100 cm³/mol. The number of rotatable bonds is 2. The minimum atomic E-state index is -0.262. The molecule has 3 aromatic rings. The van der Waals surface area contributed by atoms with Crippen molar-refractivity contribution in [1.82, 2.24) is 5.16 Å². The lowest BCUT2D eigenvalue weighted by atomic mass is 9.96. The van der Waals surface area contributed by atoms with Crippen molar-refractivity contribution in [2.75, 3.05) is 4.90 Å². The second-order valence-electron chi connectivity index (χ2n) is 6.70. The minimum absolute atomic E-state index is 0.0481. The molecule has 0 bridgehead atoms. The Morgan fingerprint density at radius 1 is 1.31 bits per heavy atom. The number of thiophene rings is 1. The summed E-state index contributed by atoms with van der Waals surface area (Å²) in [5.74, 6) is 0.436. The first kappa shape index (κ1) is 17.0. The summed E-state index contributed by atoms with van der Waals surface area (Å²) in [7, 11) is 0. The number of carbonyl (C=O) groups excluding carboxylic acids is 1. The van der Waals surface area contributed by atoms with E-state index in [0.29, 0.717) is 4.88 Å². The van der Waals surface area contributed by atoms with E-state index in [9.17, 15) is 9.18 Å². The number of hydrogen-bond donors (Lipinski definition) is 0. The lowest BCUT2D eigenvalue weighted by molar-refractivity contribution is 0.0979. The Bertz CT molecular complexity index is 972. The minimum Gasteiger partial charge on any atom is -0.361 e. The summed E-state index contributed by atoms with van der Waals surface area (Å²) in [5, 5.41) is 3.99. The van der Waals surface area contributed by atoms with Gasteiger partial charge in [-0.25, -0.2) is 4.39 Å². The number of benzene rings is 1. The zero-order valence-electron chi connectivity index (χ0n) is 14.9. The normalized spacial score (nSPS) is 16.6. The maximum Gasteiger partial charge on any atom is 0.268 e. The average Bonchev–Trinajstić information content (AvgIpc) is 3.21. The fourth-order valence-electron chi connectivity index (χ4n) is 3.57. The lowest BCUT2D eigenvalue weighted by Gasteiger charge is -2.35. The summed E-state index contributed by atoms with van der Waals surface area (Å²) in [5.41, 5.74) is 3.46. The first-order valence-corrected chi connectivity index (χ1v) is 9.42. The van der Waals surface area contributed by atoms with Gasteiger partial charge in [0.25, 0.3) is 5.91 Å². The molecule has 3 heterocycles. The van der Waals surface area contributed by atoms with Crippen molar-refractivity contribution >= 4 is 22.9 Å². The zero-order chi connectivity index (χ0) is 18.4. The third-order valence-electron chi connectivity index (χ3n) is 4.89. The number of fused-ring (bicyclic) bond motifs is 1. The van der Waals surface area contributed by atoms with Crippen molar-refractivity contribution in [3.63, 3.8) is 0 Å². The molecule has 0 aliphatic carbocycles. The van der Waals surface area contributed by atoms with Gasteiger partial charge in [-0.05, 0) is 69.5 Å². The Balaban J connectivity index is 1.71. The standard InChI is InChI=1S/C20H19FN2O2S/c1-11-4-5-14-10-15(21)6-7-16(14)23(11)20(24)18-9-8-17(26-18)19-12(2)22-25-13(19)3/h6-11H,4-5H2,1-3H3. The number of hydrogen-bond acceptors (Lipinski definition) is 4. The molecule has 2 aromatic heterocycles. The van der Waals surface area contributed by atoms with E-state index in [0.717, 1.165) is 46.0 Å². The first-order valence-electron chi connectivity index (χ1n) is 8.60. The molecule has 1 aromatic carbocycles. The van der Waals surface area contributed by atoms with Crippen molar-refractivity contribution in [3.8, 4) is 10.4 Å². The van der Waals surface area contributed by atoms with Gasteiger partial charge < -0.3 is 9.42 Å². The molecule has 1 amide bonds. The third-order valence-corrected chi connectivity index (χ3v) is 5.98. The molecular formula is C20H19FN2O2S. The van der Waals surface area contributed by atoms with E-state index in [-0.39, 0.29) is 17.8 Å². The van der Waals surface area contributed by atoms with Crippen LogP contribution in [0.5, 0.6) is 0 Å². The summed E-state index contributed by atoms with van der Waals surface area (Å²) < 4.78 is 18.8. The number of aryl methyl sites for hydroxylation is 3. The van der Waals surface area contributed by atoms with Crippen LogP contribution in [-0.2, 0) is 6.42 Å². The van der Waals surface area contributed by atoms with Gasteiger partial charge in [-0.3, -0.25) is 4.79 Å². The molecule has 1 unspecified atom stereocenters. The molecule has 0 fully saturated rings. The Labute approximate surface area is 155 Å². The lowest BCUT2D eigenvalue weighted by Crippen LogP contribution is -2.41. The summed E-state index contributed by atoms with van der Waals surface area (Å²) in [6, 6.07) is 8.52. The fourth-order valence-corrected chi connectivity index (χ4v) is 4.66. The Morgan fingerprint density at radius 2 is 2.12 bits per heavy atom. The quantitative estimate of drug-likeness (QED) is 0.627. The second-order valence-corrected chi connectivity index (χ2v) is 7.78. The van der Waals surface area contributed by atoms with Gasteiger partial charge in [0.2, 0.25) is 0 Å². The Morgan fingerprint density at radius 3 is 2.85 bits per heavy atom. The van der Waals surface area contributed by atoms with Gasteiger partial charge in [0.15, 0.2) is 0 Å². The number of halogens is 1. The number of amides is 1. The number of nitrogens with zero attached hydrogens (tertiary/aromatic N) is 2. The van der Waals surface area contributed by atoms with Crippen molar-refractivity contribution in [2.45, 2.75) is 39.7 Å². The molecular weight excluding hydrogens is 351 g/mol. The van der Waals surface area contributed by atoms with Gasteiger partial charge in [-0.15, -0.1) is 11.3 Å². The highest BCUT2D eigenvalue weighted by Gasteiger charge is 2.30. The molecule has 0 N–H and O–H groups in total. The SMILES string of the molecule is Cc1noc(C)c1-c1ccc(C(=O)N2c3ccc(F)cc3CCC2C)s1. The van der Waals surface area contributed by atoms with Gasteiger partial charge in [0.05, 0.1) is 16.1 Å². The average molecular weight is 370 g/mol. The molecule has 1 aliphatic heterocycles. The number of carbonyl (C=O) groups is 1. The van der Waals surface area contributed by atoms with Gasteiger partial charge in [0, 0.05) is 16.6 Å². The highest BCUT2D eigenvalue weighted by Crippen LogP contribution is 2.36. The molecule has 4 rings (SSSR count). The summed E-state index contributed by atoms with van der Waals surface area (Å²) in [4.78, 5) is 16.6. The van der Waals surface area contributed by atoms with Crippen molar-refractivity contribution in [2.24, 2.45) is 0 Å². The molecule has 0 saturated carbocycles. The molecule has 0 spiro atoms. The van der Waals surface area contributed by atoms with E-state index < -0.39 is 0 Å². The highest BCUT2D eigenvalue weighted by molar-refractivity contribution is 7.17.